The second-order valence-corrected chi connectivity index (χ2v) is 22.5. The summed E-state index contributed by atoms with van der Waals surface area (Å²) in [7, 11) is -2.06. The van der Waals surface area contributed by atoms with Crippen LogP contribution >= 0.6 is 12.4 Å². The van der Waals surface area contributed by atoms with E-state index in [-0.39, 0.29) is 20.6 Å². The number of hydrogen-bond donors (Lipinski definition) is 0. The fourth-order valence-electron chi connectivity index (χ4n) is 2.01. The monoisotopic (exact) mass is 385 g/mol. The van der Waals surface area contributed by atoms with Gasteiger partial charge in [0.1, 0.15) is 0 Å². The van der Waals surface area contributed by atoms with Crippen molar-refractivity contribution in [2.45, 2.75) is 104 Å². The van der Waals surface area contributed by atoms with Crippen molar-refractivity contribution in [3.05, 3.63) is 0 Å². The Hall–Kier alpha value is 1.23. The van der Waals surface area contributed by atoms with Gasteiger partial charge in [-0.1, -0.05) is 83.1 Å². The van der Waals surface area contributed by atoms with Gasteiger partial charge in [0.25, 0.3) is 0 Å². The van der Waals surface area contributed by atoms with Crippen LogP contribution in [0.4, 0.5) is 0 Å². The minimum Gasteiger partial charge on any atom is -0.745 e. The molecule has 0 aliphatic carbocycles. The molecule has 0 atom stereocenters. The highest BCUT2D eigenvalue weighted by atomic mass is 32.9. The van der Waals surface area contributed by atoms with E-state index in [1.54, 1.807) is 0 Å². The van der Waals surface area contributed by atoms with Crippen LogP contribution in [-0.2, 0) is 28.6 Å². The van der Waals surface area contributed by atoms with E-state index in [1.165, 1.54) is 0 Å². The van der Waals surface area contributed by atoms with Gasteiger partial charge in [0, 0.05) is 10.3 Å². The topological polar surface area (TPSA) is 17.1 Å². The molecule has 0 amide bonds. The van der Waals surface area contributed by atoms with Crippen molar-refractivity contribution in [1.82, 2.24) is 0 Å². The summed E-state index contributed by atoms with van der Waals surface area (Å²) >= 11 is 11.1. The fraction of sp³-hybridized carbons (Fsp3) is 1.00. The van der Waals surface area contributed by atoms with Crippen LogP contribution in [0.5, 0.6) is 0 Å². The van der Waals surface area contributed by atoms with Gasteiger partial charge in [0.05, 0.1) is 7.14 Å². The van der Waals surface area contributed by atoms with Crippen LogP contribution < -0.4 is 0 Å². The van der Waals surface area contributed by atoms with Gasteiger partial charge in [0.2, 0.25) is 0 Å². The van der Waals surface area contributed by atoms with Gasteiger partial charge in [-0.05, 0) is 17.0 Å². The molecule has 22 heavy (non-hydrogen) atoms. The molecule has 0 aromatic heterocycles. The average molecular weight is 386 g/mol. The van der Waals surface area contributed by atoms with E-state index in [1.807, 2.05) is 6.66 Å². The third-order valence-electron chi connectivity index (χ3n) is 4.33. The zero-order chi connectivity index (χ0) is 19.0. The molecule has 1 nitrogen and oxygen atoms in total. The Bertz CT molecular complexity index is 375. The quantitative estimate of drug-likeness (QED) is 0.327. The zero-order valence-electron chi connectivity index (χ0n) is 17.1. The Kier molecular flexibility index (Phi) is 8.37. The van der Waals surface area contributed by atoms with Gasteiger partial charge in [-0.25, -0.2) is 0 Å². The van der Waals surface area contributed by atoms with Gasteiger partial charge >= 0.3 is 0 Å². The molecule has 0 bridgehead atoms. The van der Waals surface area contributed by atoms with Crippen molar-refractivity contribution in [3.63, 3.8) is 0 Å². The molecule has 0 aromatic carbocycles. The first-order valence-corrected chi connectivity index (χ1v) is 13.9. The third kappa shape index (κ3) is 6.27. The van der Waals surface area contributed by atoms with Crippen molar-refractivity contribution < 1.29 is 4.57 Å². The Labute approximate surface area is 151 Å². The van der Waals surface area contributed by atoms with E-state index in [4.69, 9.17) is 24.1 Å². The predicted octanol–water partition coefficient (Wildman–Crippen LogP) is 7.10. The molecule has 0 heterocycles. The fourth-order valence-corrected chi connectivity index (χ4v) is 6.04. The van der Waals surface area contributed by atoms with Crippen LogP contribution in [0.25, 0.3) is 0 Å². The second-order valence-electron chi connectivity index (χ2n) is 10.2. The van der Waals surface area contributed by atoms with Gasteiger partial charge in [-0.3, -0.25) is 0 Å². The molecule has 0 N–H and O–H groups in total. The summed E-state index contributed by atoms with van der Waals surface area (Å²) in [5.74, 6) is 0. The highest BCUT2D eigenvalue weighted by Crippen LogP contribution is 2.65. The molecule has 136 valence electrons. The summed E-state index contributed by atoms with van der Waals surface area (Å²) in [6.07, 6.45) is 0. The van der Waals surface area contributed by atoms with Crippen molar-refractivity contribution in [3.8, 4) is 0 Å². The van der Waals surface area contributed by atoms with E-state index >= 15 is 0 Å². The van der Waals surface area contributed by atoms with Crippen LogP contribution in [0.1, 0.15) is 83.1 Å². The first-order chi connectivity index (χ1) is 9.00. The molecule has 0 saturated heterocycles. The van der Waals surface area contributed by atoms with Crippen molar-refractivity contribution in [2.75, 3.05) is 6.66 Å². The van der Waals surface area contributed by atoms with Gasteiger partial charge in [-0.2, -0.15) is 5.24 Å². The molecular weight excluding hydrogens is 346 g/mol. The first-order valence-electron chi connectivity index (χ1n) is 7.89. The number of hydrogen-bond acceptors (Lipinski definition) is 3. The van der Waals surface area contributed by atoms with Crippen LogP contribution in [0, 0.1) is 0 Å². The second kappa shape index (κ2) is 7.23. The lowest BCUT2D eigenvalue weighted by Gasteiger charge is -2.51. The van der Waals surface area contributed by atoms with Gasteiger partial charge in [-0.15, -0.1) is 11.8 Å². The summed E-state index contributed by atoms with van der Waals surface area (Å²) < 4.78 is 12.3. The lowest BCUT2D eigenvalue weighted by atomic mass is 10.2. The smallest absolute Gasteiger partial charge is 0.0948 e. The van der Waals surface area contributed by atoms with E-state index < -0.39 is 12.4 Å². The Morgan fingerprint density at radius 2 is 0.818 bits per heavy atom. The molecule has 0 aromatic rings. The van der Waals surface area contributed by atoms with Crippen LogP contribution in [-0.4, -0.2) is 27.3 Å². The summed E-state index contributed by atoms with van der Waals surface area (Å²) in [5, 5.41) is -1.53. The lowest BCUT2D eigenvalue weighted by Crippen LogP contribution is -2.27. The Morgan fingerprint density at radius 3 is 0.818 bits per heavy atom. The van der Waals surface area contributed by atoms with E-state index in [0.717, 1.165) is 0 Å². The molecule has 0 saturated carbocycles. The summed E-state index contributed by atoms with van der Waals surface area (Å²) in [5.41, 5.74) is 0. The maximum absolute atomic E-state index is 12.3. The van der Waals surface area contributed by atoms with Crippen molar-refractivity contribution in [1.29, 1.82) is 0 Å². The molecule has 0 aliphatic heterocycles. The van der Waals surface area contributed by atoms with Crippen molar-refractivity contribution in [2.24, 2.45) is 0 Å². The normalized spacial score (nSPS) is 15.2. The van der Waals surface area contributed by atoms with Crippen molar-refractivity contribution >= 4 is 36.4 Å². The molecule has 0 spiro atoms. The summed E-state index contributed by atoms with van der Waals surface area (Å²) in [6, 6.07) is 0. The standard InChI is InChI=1S/C9H21OP.C8H19PS2/c1-8(2,3)11(7,10)9(4,5)6;1-7(2,3)9(10,11)8(4,5)6/h1-7H3;1-6H3,(H,10,11)/p-1. The zero-order valence-corrected chi connectivity index (χ0v) is 20.5. The molecule has 0 rings (SSSR count). The molecule has 0 unspecified atom stereocenters. The van der Waals surface area contributed by atoms with E-state index in [9.17, 15) is 4.57 Å². The van der Waals surface area contributed by atoms with E-state index in [2.05, 4.69) is 83.1 Å². The Morgan fingerprint density at radius 1 is 0.636 bits per heavy atom. The highest BCUT2D eigenvalue weighted by Gasteiger charge is 2.41. The van der Waals surface area contributed by atoms with Gasteiger partial charge < -0.3 is 16.8 Å². The van der Waals surface area contributed by atoms with Crippen LogP contribution in [0.3, 0.4) is 0 Å². The maximum Gasteiger partial charge on any atom is 0.0948 e. The van der Waals surface area contributed by atoms with Gasteiger partial charge in [0.15, 0.2) is 0 Å². The number of rotatable bonds is 0. The SMILES string of the molecule is CC(C)(C)P(=S)([S-])C(C)(C)C.CC(C)(C)P(C)(=O)C(C)(C)C. The lowest BCUT2D eigenvalue weighted by molar-refractivity contribution is 0.523. The average Bonchev–Trinajstić information content (AvgIpc) is 2.10. The van der Waals surface area contributed by atoms with Crippen LogP contribution in [0.15, 0.2) is 0 Å². The molecule has 0 fully saturated rings. The molecular formula is C17H39OP2S2-. The van der Waals surface area contributed by atoms with E-state index in [0.29, 0.717) is 0 Å². The minimum atomic E-state index is -2.06. The predicted molar refractivity (Wildman–Crippen MR) is 114 cm³/mol. The molecule has 0 radical (unpaired) electrons. The molecule has 5 heteroatoms. The third-order valence-corrected chi connectivity index (χ3v) is 19.6. The Balaban J connectivity index is 0. The first kappa shape index (κ1) is 25.5. The van der Waals surface area contributed by atoms with Crippen LogP contribution in [0.2, 0.25) is 0 Å². The largest absolute Gasteiger partial charge is 0.745 e. The molecule has 0 aliphatic rings. The minimum absolute atomic E-state index is 0.0642. The maximum atomic E-state index is 12.3. The summed E-state index contributed by atoms with van der Waals surface area (Å²) in [6.45, 7) is 27.2. The summed E-state index contributed by atoms with van der Waals surface area (Å²) in [4.78, 5) is 0. The highest BCUT2D eigenvalue weighted by molar-refractivity contribution is 8.56.